The number of ether oxygens (including phenoxy) is 1. The summed E-state index contributed by atoms with van der Waals surface area (Å²) >= 11 is 0. The minimum atomic E-state index is -0.385. The van der Waals surface area contributed by atoms with Gasteiger partial charge in [0.05, 0.1) is 13.7 Å². The van der Waals surface area contributed by atoms with Gasteiger partial charge in [0, 0.05) is 30.0 Å². The summed E-state index contributed by atoms with van der Waals surface area (Å²) in [6.07, 6.45) is 1.68. The van der Waals surface area contributed by atoms with Crippen LogP contribution in [0.5, 0.6) is 5.75 Å². The van der Waals surface area contributed by atoms with Gasteiger partial charge in [-0.25, -0.2) is 4.39 Å². The predicted octanol–water partition coefficient (Wildman–Crippen LogP) is 4.16. The molecular formula is C26H26FN3O3. The molecule has 1 aliphatic heterocycles. The Morgan fingerprint density at radius 1 is 1.06 bits per heavy atom. The van der Waals surface area contributed by atoms with Crippen LogP contribution in [-0.4, -0.2) is 32.0 Å². The molecule has 0 aliphatic carbocycles. The molecule has 33 heavy (non-hydrogen) atoms. The normalized spacial score (nSPS) is 12.6. The first-order chi connectivity index (χ1) is 16.0. The fourth-order valence-electron chi connectivity index (χ4n) is 3.99. The molecule has 3 aromatic carbocycles. The number of fused-ring (bicyclic) bond motifs is 1. The molecule has 0 saturated carbocycles. The summed E-state index contributed by atoms with van der Waals surface area (Å²) in [6.45, 7) is 1.41. The van der Waals surface area contributed by atoms with Crippen molar-refractivity contribution >= 4 is 23.2 Å². The Morgan fingerprint density at radius 2 is 1.85 bits per heavy atom. The average molecular weight is 448 g/mol. The summed E-state index contributed by atoms with van der Waals surface area (Å²) in [4.78, 5) is 27.3. The Labute approximate surface area is 192 Å². The van der Waals surface area contributed by atoms with Crippen molar-refractivity contribution in [1.82, 2.24) is 5.32 Å². The van der Waals surface area contributed by atoms with Crippen LogP contribution in [0.25, 0.3) is 0 Å². The molecule has 0 saturated heterocycles. The third-order valence-electron chi connectivity index (χ3n) is 5.66. The van der Waals surface area contributed by atoms with E-state index < -0.39 is 0 Å². The fraction of sp³-hybridized carbons (Fsp3) is 0.231. The Bertz CT molecular complexity index is 1150. The van der Waals surface area contributed by atoms with E-state index in [0.29, 0.717) is 17.8 Å². The van der Waals surface area contributed by atoms with Gasteiger partial charge in [0.2, 0.25) is 5.91 Å². The lowest BCUT2D eigenvalue weighted by atomic mass is 9.99. The highest BCUT2D eigenvalue weighted by atomic mass is 19.1. The number of nitrogens with zero attached hydrogens (tertiary/aromatic N) is 1. The Morgan fingerprint density at radius 3 is 2.64 bits per heavy atom. The van der Waals surface area contributed by atoms with Gasteiger partial charge in [-0.1, -0.05) is 18.2 Å². The molecule has 1 aliphatic rings. The van der Waals surface area contributed by atoms with Crippen molar-refractivity contribution in [2.75, 3.05) is 30.4 Å². The van der Waals surface area contributed by atoms with Crippen LogP contribution in [0.4, 0.5) is 15.8 Å². The van der Waals surface area contributed by atoms with Gasteiger partial charge in [0.15, 0.2) is 0 Å². The van der Waals surface area contributed by atoms with Crippen LogP contribution in [0.3, 0.4) is 0 Å². The number of methoxy groups -OCH3 is 1. The van der Waals surface area contributed by atoms with Gasteiger partial charge in [-0.3, -0.25) is 9.59 Å². The highest BCUT2D eigenvalue weighted by molar-refractivity contribution is 6.05. The third kappa shape index (κ3) is 5.49. The van der Waals surface area contributed by atoms with E-state index in [2.05, 4.69) is 10.6 Å². The zero-order chi connectivity index (χ0) is 23.2. The monoisotopic (exact) mass is 447 g/mol. The summed E-state index contributed by atoms with van der Waals surface area (Å²) in [5.41, 5.74) is 4.00. The molecule has 1 heterocycles. The second-order valence-corrected chi connectivity index (χ2v) is 7.92. The number of halogens is 1. The first-order valence-corrected chi connectivity index (χ1v) is 10.9. The van der Waals surface area contributed by atoms with Gasteiger partial charge in [-0.15, -0.1) is 0 Å². The zero-order valence-corrected chi connectivity index (χ0v) is 18.4. The van der Waals surface area contributed by atoms with E-state index in [1.807, 2.05) is 47.4 Å². The Hall–Kier alpha value is -3.87. The van der Waals surface area contributed by atoms with Crippen molar-refractivity contribution in [3.8, 4) is 5.75 Å². The van der Waals surface area contributed by atoms with E-state index in [0.717, 1.165) is 42.0 Å². The smallest absolute Gasteiger partial charge is 0.255 e. The van der Waals surface area contributed by atoms with E-state index in [9.17, 15) is 14.0 Å². The Balaban J connectivity index is 1.42. The van der Waals surface area contributed by atoms with Crippen LogP contribution in [0.1, 0.15) is 27.9 Å². The number of anilines is 2. The number of carbonyl (C=O) groups is 2. The number of benzene rings is 3. The van der Waals surface area contributed by atoms with Gasteiger partial charge >= 0.3 is 0 Å². The van der Waals surface area contributed by atoms with Crippen molar-refractivity contribution < 1.29 is 18.7 Å². The molecule has 0 spiro atoms. The SMILES string of the molecule is COc1cccc(CNC(=O)CN2CCCc3c(NC(=O)c4ccc(F)cc4)cccc32)c1. The van der Waals surface area contributed by atoms with Crippen molar-refractivity contribution in [1.29, 1.82) is 0 Å². The van der Waals surface area contributed by atoms with Crippen LogP contribution in [0.15, 0.2) is 66.7 Å². The number of nitrogens with one attached hydrogen (secondary N) is 2. The third-order valence-corrected chi connectivity index (χ3v) is 5.66. The molecule has 0 bridgehead atoms. The van der Waals surface area contributed by atoms with Crippen molar-refractivity contribution in [3.63, 3.8) is 0 Å². The number of hydrogen-bond donors (Lipinski definition) is 2. The summed E-state index contributed by atoms with van der Waals surface area (Å²) < 4.78 is 18.4. The Kier molecular flexibility index (Phi) is 6.88. The van der Waals surface area contributed by atoms with E-state index in [4.69, 9.17) is 4.74 Å². The van der Waals surface area contributed by atoms with E-state index in [1.54, 1.807) is 7.11 Å². The molecule has 7 heteroatoms. The average Bonchev–Trinajstić information content (AvgIpc) is 2.84. The van der Waals surface area contributed by atoms with Gasteiger partial charge in [-0.05, 0) is 72.5 Å². The molecule has 2 amide bonds. The number of carbonyl (C=O) groups excluding carboxylic acids is 2. The van der Waals surface area contributed by atoms with Crippen LogP contribution < -0.4 is 20.3 Å². The summed E-state index contributed by atoms with van der Waals surface area (Å²) in [7, 11) is 1.61. The van der Waals surface area contributed by atoms with Crippen molar-refractivity contribution in [3.05, 3.63) is 89.2 Å². The van der Waals surface area contributed by atoms with Gasteiger partial charge in [-0.2, -0.15) is 0 Å². The minimum absolute atomic E-state index is 0.0774. The maximum atomic E-state index is 13.2. The highest BCUT2D eigenvalue weighted by Crippen LogP contribution is 2.33. The van der Waals surface area contributed by atoms with Crippen LogP contribution in [0, 0.1) is 5.82 Å². The van der Waals surface area contributed by atoms with E-state index in [1.165, 1.54) is 24.3 Å². The molecular weight excluding hydrogens is 421 g/mol. The molecule has 0 fully saturated rings. The number of rotatable bonds is 7. The maximum absolute atomic E-state index is 13.2. The molecule has 0 unspecified atom stereocenters. The predicted molar refractivity (Wildman–Crippen MR) is 126 cm³/mol. The molecule has 0 radical (unpaired) electrons. The topological polar surface area (TPSA) is 70.7 Å². The van der Waals surface area contributed by atoms with Gasteiger partial charge in [0.25, 0.3) is 5.91 Å². The fourth-order valence-corrected chi connectivity index (χ4v) is 3.99. The lowest BCUT2D eigenvalue weighted by Gasteiger charge is -2.32. The van der Waals surface area contributed by atoms with Crippen molar-refractivity contribution in [2.45, 2.75) is 19.4 Å². The zero-order valence-electron chi connectivity index (χ0n) is 18.4. The lowest BCUT2D eigenvalue weighted by Crippen LogP contribution is -2.39. The molecule has 4 rings (SSSR count). The minimum Gasteiger partial charge on any atom is -0.497 e. The summed E-state index contributed by atoms with van der Waals surface area (Å²) in [5.74, 6) is -0.00569. The van der Waals surface area contributed by atoms with Crippen LogP contribution >= 0.6 is 0 Å². The quantitative estimate of drug-likeness (QED) is 0.571. The molecule has 170 valence electrons. The largest absolute Gasteiger partial charge is 0.497 e. The standard InChI is InChI=1S/C26H26FN3O3/c1-33-21-6-2-5-18(15-21)16-28-25(31)17-30-14-4-7-22-23(8-3-9-24(22)30)29-26(32)19-10-12-20(27)13-11-19/h2-3,5-6,8-13,15H,4,7,14,16-17H2,1H3,(H,28,31)(H,29,32). The van der Waals surface area contributed by atoms with Crippen LogP contribution in [0.2, 0.25) is 0 Å². The van der Waals surface area contributed by atoms with Crippen LogP contribution in [-0.2, 0) is 17.8 Å². The molecule has 6 nitrogen and oxygen atoms in total. The van der Waals surface area contributed by atoms with Gasteiger partial charge < -0.3 is 20.3 Å². The number of amides is 2. The molecule has 2 N–H and O–H groups in total. The van der Waals surface area contributed by atoms with E-state index in [-0.39, 0.29) is 24.2 Å². The number of hydrogen-bond acceptors (Lipinski definition) is 4. The second-order valence-electron chi connectivity index (χ2n) is 7.92. The first kappa shape index (κ1) is 22.3. The van der Waals surface area contributed by atoms with Crippen molar-refractivity contribution in [2.24, 2.45) is 0 Å². The highest BCUT2D eigenvalue weighted by Gasteiger charge is 2.22. The van der Waals surface area contributed by atoms with E-state index >= 15 is 0 Å². The first-order valence-electron chi connectivity index (χ1n) is 10.9. The van der Waals surface area contributed by atoms with Gasteiger partial charge in [0.1, 0.15) is 11.6 Å². The lowest BCUT2D eigenvalue weighted by molar-refractivity contribution is -0.119. The molecule has 0 aromatic heterocycles. The second kappa shape index (κ2) is 10.2. The maximum Gasteiger partial charge on any atom is 0.255 e. The summed E-state index contributed by atoms with van der Waals surface area (Å²) in [5, 5.41) is 5.90. The summed E-state index contributed by atoms with van der Waals surface area (Å²) in [6, 6.07) is 18.7. The molecule has 0 atom stereocenters. The molecule has 3 aromatic rings.